The van der Waals surface area contributed by atoms with Crippen LogP contribution < -0.4 is 0 Å². The lowest BCUT2D eigenvalue weighted by molar-refractivity contribution is -0.114. The van der Waals surface area contributed by atoms with Crippen molar-refractivity contribution >= 4 is 16.9 Å². The number of ketones is 1. The lowest BCUT2D eigenvalue weighted by Crippen LogP contribution is -2.14. The van der Waals surface area contributed by atoms with E-state index in [-0.39, 0.29) is 17.6 Å². The molecule has 1 aliphatic carbocycles. The summed E-state index contributed by atoms with van der Waals surface area (Å²) in [5, 5.41) is 0. The van der Waals surface area contributed by atoms with E-state index in [2.05, 4.69) is 48.5 Å². The van der Waals surface area contributed by atoms with Gasteiger partial charge in [0, 0.05) is 11.5 Å². The van der Waals surface area contributed by atoms with E-state index in [9.17, 15) is 4.79 Å². The highest BCUT2D eigenvalue weighted by molar-refractivity contribution is 6.35. The molecule has 0 unspecified atom stereocenters. The van der Waals surface area contributed by atoms with Gasteiger partial charge in [0.15, 0.2) is 5.78 Å². The first kappa shape index (κ1) is 18.3. The molecule has 4 aromatic rings. The van der Waals surface area contributed by atoms with Gasteiger partial charge >= 0.3 is 0 Å². The predicted molar refractivity (Wildman–Crippen MR) is 123 cm³/mol. The van der Waals surface area contributed by atoms with Crippen LogP contribution >= 0.6 is 0 Å². The Hall–Kier alpha value is -3.71. The quantitative estimate of drug-likeness (QED) is 0.379. The minimum absolute atomic E-state index is 0.0290. The van der Waals surface area contributed by atoms with Crippen LogP contribution in [0, 0.1) is 0 Å². The third-order valence-corrected chi connectivity index (χ3v) is 5.91. The van der Waals surface area contributed by atoms with Crippen molar-refractivity contribution in [2.45, 2.75) is 11.8 Å². The fourth-order valence-corrected chi connectivity index (χ4v) is 4.63. The molecule has 1 heteroatoms. The molecule has 1 nitrogen and oxygen atoms in total. The highest BCUT2D eigenvalue weighted by Crippen LogP contribution is 2.54. The Kier molecular flexibility index (Phi) is 4.86. The summed E-state index contributed by atoms with van der Waals surface area (Å²) in [5.41, 5.74) is 6.29. The molecule has 0 saturated heterocycles. The van der Waals surface area contributed by atoms with Crippen LogP contribution in [-0.4, -0.2) is 5.78 Å². The van der Waals surface area contributed by atoms with E-state index in [0.29, 0.717) is 0 Å². The summed E-state index contributed by atoms with van der Waals surface area (Å²) in [6, 6.07) is 41.1. The molecule has 144 valence electrons. The Morgan fingerprint density at radius 1 is 0.433 bits per heavy atom. The molecular formula is C29H22O. The Bertz CT molecular complexity index is 1180. The summed E-state index contributed by atoms with van der Waals surface area (Å²) in [5.74, 6) is -0.0715. The fraction of sp³-hybridized carbons (Fsp3) is 0.0690. The second-order valence-electron chi connectivity index (χ2n) is 7.66. The first-order valence-electron chi connectivity index (χ1n) is 10.3. The van der Waals surface area contributed by atoms with E-state index >= 15 is 0 Å². The summed E-state index contributed by atoms with van der Waals surface area (Å²) in [6.45, 7) is 0. The number of rotatable bonds is 4. The third kappa shape index (κ3) is 3.19. The fourth-order valence-electron chi connectivity index (χ4n) is 4.63. The first-order chi connectivity index (χ1) is 14.8. The van der Waals surface area contributed by atoms with Gasteiger partial charge in [-0.1, -0.05) is 121 Å². The van der Waals surface area contributed by atoms with Crippen molar-refractivity contribution in [3.05, 3.63) is 144 Å². The zero-order valence-electron chi connectivity index (χ0n) is 16.6. The molecule has 4 aromatic carbocycles. The standard InChI is InChI=1S/C29H22O/c30-29-27(23-17-9-3-10-18-23)25(21-13-5-1-6-14-21)26(22-15-7-2-8-16-22)28(29)24-19-11-4-12-20-24/h1-20,25,27H/t25-,27+/m0/s1. The molecule has 0 heterocycles. The van der Waals surface area contributed by atoms with Crippen LogP contribution in [0.1, 0.15) is 34.1 Å². The number of benzene rings is 4. The van der Waals surface area contributed by atoms with Gasteiger partial charge in [0.25, 0.3) is 0 Å². The van der Waals surface area contributed by atoms with Crippen molar-refractivity contribution in [2.24, 2.45) is 0 Å². The molecule has 0 radical (unpaired) electrons. The minimum Gasteiger partial charge on any atom is -0.293 e. The average molecular weight is 386 g/mol. The van der Waals surface area contributed by atoms with E-state index < -0.39 is 0 Å². The number of carbonyl (C=O) groups excluding carboxylic acids is 1. The first-order valence-corrected chi connectivity index (χ1v) is 10.3. The molecule has 0 spiro atoms. The van der Waals surface area contributed by atoms with Crippen LogP contribution in [0.2, 0.25) is 0 Å². The molecule has 2 atom stereocenters. The van der Waals surface area contributed by atoms with E-state index in [1.165, 1.54) is 5.56 Å². The Morgan fingerprint density at radius 2 is 0.833 bits per heavy atom. The third-order valence-electron chi connectivity index (χ3n) is 5.91. The summed E-state index contributed by atoms with van der Waals surface area (Å²) in [6.07, 6.45) is 0. The van der Waals surface area contributed by atoms with Crippen molar-refractivity contribution in [2.75, 3.05) is 0 Å². The molecule has 0 amide bonds. The number of allylic oxidation sites excluding steroid dienone is 2. The molecule has 1 aliphatic rings. The SMILES string of the molecule is O=C1C(c2ccccc2)=C(c2ccccc2)[C@H](c2ccccc2)[C@H]1c1ccccc1. The molecule has 0 N–H and O–H groups in total. The van der Waals surface area contributed by atoms with Crippen molar-refractivity contribution < 1.29 is 4.79 Å². The van der Waals surface area contributed by atoms with Gasteiger partial charge in [0.2, 0.25) is 0 Å². The summed E-state index contributed by atoms with van der Waals surface area (Å²) >= 11 is 0. The molecule has 5 rings (SSSR count). The van der Waals surface area contributed by atoms with E-state index in [4.69, 9.17) is 0 Å². The van der Waals surface area contributed by atoms with Crippen LogP contribution in [0.4, 0.5) is 0 Å². The van der Waals surface area contributed by atoms with E-state index in [0.717, 1.165) is 27.8 Å². The smallest absolute Gasteiger partial charge is 0.172 e. The van der Waals surface area contributed by atoms with Gasteiger partial charge in [0.1, 0.15) is 0 Å². The van der Waals surface area contributed by atoms with Crippen molar-refractivity contribution in [3.8, 4) is 0 Å². The Labute approximate surface area is 177 Å². The van der Waals surface area contributed by atoms with Crippen LogP contribution in [0.5, 0.6) is 0 Å². The number of hydrogen-bond donors (Lipinski definition) is 0. The van der Waals surface area contributed by atoms with E-state index in [1.54, 1.807) is 0 Å². The highest BCUT2D eigenvalue weighted by Gasteiger charge is 2.44. The van der Waals surface area contributed by atoms with Gasteiger partial charge in [-0.2, -0.15) is 0 Å². The summed E-state index contributed by atoms with van der Waals surface area (Å²) in [7, 11) is 0. The highest BCUT2D eigenvalue weighted by atomic mass is 16.1. The Morgan fingerprint density at radius 3 is 1.33 bits per heavy atom. The lowest BCUT2D eigenvalue weighted by atomic mass is 9.78. The number of carbonyl (C=O) groups is 1. The summed E-state index contributed by atoms with van der Waals surface area (Å²) in [4.78, 5) is 14.0. The molecule has 0 saturated carbocycles. The van der Waals surface area contributed by atoms with E-state index in [1.807, 2.05) is 72.8 Å². The van der Waals surface area contributed by atoms with Crippen LogP contribution in [0.3, 0.4) is 0 Å². The lowest BCUT2D eigenvalue weighted by Gasteiger charge is -2.23. The maximum Gasteiger partial charge on any atom is 0.172 e. The molecule has 0 fully saturated rings. The second kappa shape index (κ2) is 7.96. The minimum atomic E-state index is -0.237. The maximum atomic E-state index is 14.0. The second-order valence-corrected chi connectivity index (χ2v) is 7.66. The van der Waals surface area contributed by atoms with Gasteiger partial charge in [-0.3, -0.25) is 4.79 Å². The largest absolute Gasteiger partial charge is 0.293 e. The zero-order chi connectivity index (χ0) is 20.3. The van der Waals surface area contributed by atoms with Crippen molar-refractivity contribution in [1.82, 2.24) is 0 Å². The molecular weight excluding hydrogens is 364 g/mol. The Balaban J connectivity index is 1.81. The molecule has 0 aromatic heterocycles. The molecule has 30 heavy (non-hydrogen) atoms. The van der Waals surface area contributed by atoms with Crippen LogP contribution in [-0.2, 0) is 4.79 Å². The summed E-state index contributed by atoms with van der Waals surface area (Å²) < 4.78 is 0. The van der Waals surface area contributed by atoms with Gasteiger partial charge in [-0.05, 0) is 27.8 Å². The predicted octanol–water partition coefficient (Wildman–Crippen LogP) is 6.75. The average Bonchev–Trinajstić information content (AvgIpc) is 3.14. The topological polar surface area (TPSA) is 17.1 Å². The van der Waals surface area contributed by atoms with Crippen molar-refractivity contribution in [3.63, 3.8) is 0 Å². The van der Waals surface area contributed by atoms with Crippen LogP contribution in [0.25, 0.3) is 11.1 Å². The number of Topliss-reactive ketones (excluding diaryl/α,β-unsaturated/α-hetero) is 1. The van der Waals surface area contributed by atoms with Gasteiger partial charge in [0.05, 0.1) is 5.92 Å². The van der Waals surface area contributed by atoms with Gasteiger partial charge < -0.3 is 0 Å². The maximum absolute atomic E-state index is 14.0. The molecule has 0 bridgehead atoms. The molecule has 0 aliphatic heterocycles. The monoisotopic (exact) mass is 386 g/mol. The number of hydrogen-bond acceptors (Lipinski definition) is 1. The van der Waals surface area contributed by atoms with Gasteiger partial charge in [-0.15, -0.1) is 0 Å². The van der Waals surface area contributed by atoms with Crippen LogP contribution in [0.15, 0.2) is 121 Å². The normalized spacial score (nSPS) is 18.6. The van der Waals surface area contributed by atoms with Gasteiger partial charge in [-0.25, -0.2) is 0 Å². The zero-order valence-corrected chi connectivity index (χ0v) is 16.6. The van der Waals surface area contributed by atoms with Crippen molar-refractivity contribution in [1.29, 1.82) is 0 Å².